The van der Waals surface area contributed by atoms with Crippen LogP contribution in [0.1, 0.15) is 18.4 Å². The Balaban J connectivity index is 1.77. The second-order valence-corrected chi connectivity index (χ2v) is 4.02. The van der Waals surface area contributed by atoms with Crippen LogP contribution < -0.4 is 5.32 Å². The van der Waals surface area contributed by atoms with E-state index in [1.807, 2.05) is 36.0 Å². The lowest BCUT2D eigenvalue weighted by atomic mass is 10.3. The molecule has 2 heterocycles. The molecule has 86 valence electrons. The van der Waals surface area contributed by atoms with Gasteiger partial charge in [0.25, 0.3) is 0 Å². The monoisotopic (exact) mass is 219 g/mol. The van der Waals surface area contributed by atoms with Gasteiger partial charge in [0.05, 0.1) is 13.1 Å². The van der Waals surface area contributed by atoms with Crippen LogP contribution in [0, 0.1) is 6.92 Å². The van der Waals surface area contributed by atoms with Crippen LogP contribution in [-0.4, -0.2) is 15.8 Å². The fourth-order valence-corrected chi connectivity index (χ4v) is 1.61. The molecule has 0 fully saturated rings. The van der Waals surface area contributed by atoms with Crippen molar-refractivity contribution in [2.24, 2.45) is 0 Å². The molecule has 0 aromatic carbocycles. The molecule has 0 saturated heterocycles. The summed E-state index contributed by atoms with van der Waals surface area (Å²) in [5, 5.41) is 7.56. The maximum Gasteiger partial charge on any atom is 0.117 e. The molecule has 16 heavy (non-hydrogen) atoms. The Morgan fingerprint density at radius 3 is 3.00 bits per heavy atom. The van der Waals surface area contributed by atoms with Gasteiger partial charge in [-0.25, -0.2) is 0 Å². The molecule has 4 nitrogen and oxygen atoms in total. The fourth-order valence-electron chi connectivity index (χ4n) is 1.61. The molecule has 0 aliphatic heterocycles. The standard InChI is InChI=1S/C12H17N3O/c1-10(9-15-7-3-6-14-15)13-8-12-5-4-11(2)16-12/h3-7,10,13H,8-9H2,1-2H3. The van der Waals surface area contributed by atoms with Crippen molar-refractivity contribution in [1.29, 1.82) is 0 Å². The summed E-state index contributed by atoms with van der Waals surface area (Å²) in [5.74, 6) is 1.93. The minimum atomic E-state index is 0.366. The highest BCUT2D eigenvalue weighted by molar-refractivity contribution is 5.05. The van der Waals surface area contributed by atoms with Crippen molar-refractivity contribution in [3.05, 3.63) is 42.1 Å². The first kappa shape index (κ1) is 11.0. The smallest absolute Gasteiger partial charge is 0.117 e. The van der Waals surface area contributed by atoms with Crippen LogP contribution in [0.5, 0.6) is 0 Å². The van der Waals surface area contributed by atoms with E-state index in [9.17, 15) is 0 Å². The van der Waals surface area contributed by atoms with Crippen molar-refractivity contribution in [2.75, 3.05) is 0 Å². The van der Waals surface area contributed by atoms with Gasteiger partial charge in [-0.2, -0.15) is 5.10 Å². The molecule has 2 rings (SSSR count). The lowest BCUT2D eigenvalue weighted by Crippen LogP contribution is -2.29. The molecule has 4 heteroatoms. The SMILES string of the molecule is Cc1ccc(CNC(C)Cn2cccn2)o1. The lowest BCUT2D eigenvalue weighted by Gasteiger charge is -2.12. The van der Waals surface area contributed by atoms with Gasteiger partial charge in [-0.15, -0.1) is 0 Å². The minimum Gasteiger partial charge on any atom is -0.465 e. The molecule has 0 aliphatic rings. The van der Waals surface area contributed by atoms with Gasteiger partial charge in [0.15, 0.2) is 0 Å². The van der Waals surface area contributed by atoms with E-state index in [1.165, 1.54) is 0 Å². The van der Waals surface area contributed by atoms with Crippen LogP contribution in [0.25, 0.3) is 0 Å². The van der Waals surface area contributed by atoms with Gasteiger partial charge < -0.3 is 9.73 Å². The van der Waals surface area contributed by atoms with Crippen molar-refractivity contribution < 1.29 is 4.42 Å². The molecule has 0 amide bonds. The third kappa shape index (κ3) is 2.97. The number of nitrogens with one attached hydrogen (secondary N) is 1. The molecular formula is C12H17N3O. The highest BCUT2D eigenvalue weighted by Gasteiger charge is 2.04. The van der Waals surface area contributed by atoms with Crippen LogP contribution >= 0.6 is 0 Å². The van der Waals surface area contributed by atoms with Gasteiger partial charge in [-0.3, -0.25) is 4.68 Å². The normalized spacial score (nSPS) is 12.9. The molecular weight excluding hydrogens is 202 g/mol. The zero-order chi connectivity index (χ0) is 11.4. The average Bonchev–Trinajstić information content (AvgIpc) is 2.87. The molecule has 1 atom stereocenters. The van der Waals surface area contributed by atoms with Gasteiger partial charge in [0.2, 0.25) is 0 Å². The van der Waals surface area contributed by atoms with E-state index in [0.29, 0.717) is 6.04 Å². The zero-order valence-corrected chi connectivity index (χ0v) is 9.68. The van der Waals surface area contributed by atoms with Crippen molar-refractivity contribution in [2.45, 2.75) is 33.0 Å². The summed E-state index contributed by atoms with van der Waals surface area (Å²) in [6.07, 6.45) is 3.76. The predicted molar refractivity (Wildman–Crippen MR) is 62.0 cm³/mol. The van der Waals surface area contributed by atoms with Crippen molar-refractivity contribution >= 4 is 0 Å². The summed E-state index contributed by atoms with van der Waals surface area (Å²) in [6, 6.07) is 6.28. The van der Waals surface area contributed by atoms with Crippen LogP contribution in [0.15, 0.2) is 35.0 Å². The van der Waals surface area contributed by atoms with Gasteiger partial charge >= 0.3 is 0 Å². The summed E-state index contributed by atoms with van der Waals surface area (Å²) in [4.78, 5) is 0. The molecule has 2 aromatic rings. The second-order valence-electron chi connectivity index (χ2n) is 4.02. The largest absolute Gasteiger partial charge is 0.465 e. The molecule has 0 saturated carbocycles. The molecule has 0 radical (unpaired) electrons. The van der Waals surface area contributed by atoms with Crippen LogP contribution in [0.4, 0.5) is 0 Å². The molecule has 1 N–H and O–H groups in total. The number of nitrogens with zero attached hydrogens (tertiary/aromatic N) is 2. The minimum absolute atomic E-state index is 0.366. The summed E-state index contributed by atoms with van der Waals surface area (Å²) in [6.45, 7) is 5.72. The highest BCUT2D eigenvalue weighted by Crippen LogP contribution is 2.05. The van der Waals surface area contributed by atoms with E-state index in [1.54, 1.807) is 6.20 Å². The van der Waals surface area contributed by atoms with Crippen molar-refractivity contribution in [3.63, 3.8) is 0 Å². The zero-order valence-electron chi connectivity index (χ0n) is 9.68. The number of hydrogen-bond acceptors (Lipinski definition) is 3. The van der Waals surface area contributed by atoms with Gasteiger partial charge in [0, 0.05) is 18.4 Å². The second kappa shape index (κ2) is 4.99. The first-order chi connectivity index (χ1) is 7.74. The Morgan fingerprint density at radius 1 is 1.50 bits per heavy atom. The topological polar surface area (TPSA) is 43.0 Å². The molecule has 0 spiro atoms. The summed E-state index contributed by atoms with van der Waals surface area (Å²) in [5.41, 5.74) is 0. The number of aryl methyl sites for hydroxylation is 1. The Hall–Kier alpha value is -1.55. The van der Waals surface area contributed by atoms with Crippen LogP contribution in [-0.2, 0) is 13.1 Å². The Kier molecular flexibility index (Phi) is 3.41. The van der Waals surface area contributed by atoms with Gasteiger partial charge in [0.1, 0.15) is 11.5 Å². The Morgan fingerprint density at radius 2 is 2.38 bits per heavy atom. The Labute approximate surface area is 95.3 Å². The molecule has 0 aliphatic carbocycles. The fraction of sp³-hybridized carbons (Fsp3) is 0.417. The number of rotatable bonds is 5. The number of aromatic nitrogens is 2. The summed E-state index contributed by atoms with van der Waals surface area (Å²) in [7, 11) is 0. The van der Waals surface area contributed by atoms with E-state index >= 15 is 0 Å². The first-order valence-corrected chi connectivity index (χ1v) is 5.50. The predicted octanol–water partition coefficient (Wildman–Crippen LogP) is 1.96. The van der Waals surface area contributed by atoms with Crippen LogP contribution in [0.2, 0.25) is 0 Å². The maximum absolute atomic E-state index is 5.48. The van der Waals surface area contributed by atoms with Crippen molar-refractivity contribution in [1.82, 2.24) is 15.1 Å². The molecule has 1 unspecified atom stereocenters. The third-order valence-corrected chi connectivity index (χ3v) is 2.44. The van der Waals surface area contributed by atoms with Gasteiger partial charge in [-0.1, -0.05) is 0 Å². The average molecular weight is 219 g/mol. The quantitative estimate of drug-likeness (QED) is 0.836. The molecule has 2 aromatic heterocycles. The summed E-state index contributed by atoms with van der Waals surface area (Å²) < 4.78 is 7.41. The lowest BCUT2D eigenvalue weighted by molar-refractivity contribution is 0.408. The van der Waals surface area contributed by atoms with E-state index in [4.69, 9.17) is 4.42 Å². The highest BCUT2D eigenvalue weighted by atomic mass is 16.3. The summed E-state index contributed by atoms with van der Waals surface area (Å²) >= 11 is 0. The van der Waals surface area contributed by atoms with E-state index in [-0.39, 0.29) is 0 Å². The maximum atomic E-state index is 5.48. The van der Waals surface area contributed by atoms with Crippen LogP contribution in [0.3, 0.4) is 0 Å². The first-order valence-electron chi connectivity index (χ1n) is 5.50. The Bertz CT molecular complexity index is 419. The third-order valence-electron chi connectivity index (χ3n) is 2.44. The number of hydrogen-bond donors (Lipinski definition) is 1. The molecule has 0 bridgehead atoms. The number of furan rings is 1. The van der Waals surface area contributed by atoms with Crippen molar-refractivity contribution in [3.8, 4) is 0 Å². The van der Waals surface area contributed by atoms with E-state index < -0.39 is 0 Å². The van der Waals surface area contributed by atoms with E-state index in [2.05, 4.69) is 17.3 Å². The van der Waals surface area contributed by atoms with Gasteiger partial charge in [-0.05, 0) is 32.0 Å². The van der Waals surface area contributed by atoms with E-state index in [0.717, 1.165) is 24.6 Å².